The van der Waals surface area contributed by atoms with Crippen LogP contribution in [0, 0.1) is 0 Å². The van der Waals surface area contributed by atoms with Gasteiger partial charge in [-0.25, -0.2) is 9.78 Å². The number of hydrogen-bond acceptors (Lipinski definition) is 7. The number of amides is 2. The predicted octanol–water partition coefficient (Wildman–Crippen LogP) is 4.68. The van der Waals surface area contributed by atoms with Gasteiger partial charge in [-0.05, 0) is 77.0 Å². The minimum Gasteiger partial charge on any atom is -0.442 e. The third kappa shape index (κ3) is 5.91. The number of allylic oxidation sites excluding steroid dienone is 2. The fourth-order valence-corrected chi connectivity index (χ4v) is 6.89. The molecule has 2 unspecified atom stereocenters. The number of aromatic nitrogens is 3. The number of fused-ring (bicyclic) bond motifs is 3. The Labute approximate surface area is 248 Å². The maximum absolute atomic E-state index is 13.2. The van der Waals surface area contributed by atoms with E-state index in [0.717, 1.165) is 67.8 Å². The summed E-state index contributed by atoms with van der Waals surface area (Å²) in [4.78, 5) is 36.3. The van der Waals surface area contributed by atoms with E-state index in [1.165, 1.54) is 18.4 Å². The maximum atomic E-state index is 13.2. The van der Waals surface area contributed by atoms with Crippen molar-refractivity contribution < 1.29 is 14.3 Å². The average Bonchev–Trinajstić information content (AvgIpc) is 3.49. The number of nitrogens with one attached hydrogen (secondary N) is 1. The lowest BCUT2D eigenvalue weighted by Gasteiger charge is -2.42. The van der Waals surface area contributed by atoms with Gasteiger partial charge in [-0.3, -0.25) is 4.79 Å². The van der Waals surface area contributed by atoms with Gasteiger partial charge in [0.05, 0.1) is 25.0 Å². The highest BCUT2D eigenvalue weighted by molar-refractivity contribution is 5.88. The number of ether oxygens (including phenoxy) is 1. The molecule has 2 bridgehead atoms. The number of carbonyl (C=O) groups excluding carboxylic acids is 2. The minimum absolute atomic E-state index is 0.0260. The van der Waals surface area contributed by atoms with E-state index < -0.39 is 0 Å². The molecule has 0 saturated carbocycles. The van der Waals surface area contributed by atoms with Gasteiger partial charge in [-0.15, -0.1) is 0 Å². The summed E-state index contributed by atoms with van der Waals surface area (Å²) in [6.07, 6.45) is 15.7. The van der Waals surface area contributed by atoms with E-state index in [4.69, 9.17) is 14.8 Å². The highest BCUT2D eigenvalue weighted by Gasteiger charge is 2.45. The number of nitrogens with zero attached hydrogens (tertiary/aromatic N) is 6. The molecule has 2 aromatic heterocycles. The Bertz CT molecular complexity index is 1360. The van der Waals surface area contributed by atoms with Gasteiger partial charge in [-0.2, -0.15) is 9.61 Å². The molecule has 10 nitrogen and oxygen atoms in total. The van der Waals surface area contributed by atoms with E-state index in [9.17, 15) is 9.59 Å². The van der Waals surface area contributed by atoms with Crippen molar-refractivity contribution in [1.29, 1.82) is 0 Å². The van der Waals surface area contributed by atoms with E-state index in [2.05, 4.69) is 31.3 Å². The molecule has 0 aromatic carbocycles. The lowest BCUT2D eigenvalue weighted by Crippen LogP contribution is -2.57. The van der Waals surface area contributed by atoms with Crippen LogP contribution in [0.1, 0.15) is 82.4 Å². The maximum Gasteiger partial charge on any atom is 0.410 e. The molecule has 5 heterocycles. The lowest BCUT2D eigenvalue weighted by atomic mass is 9.96. The van der Waals surface area contributed by atoms with Gasteiger partial charge in [0.1, 0.15) is 11.9 Å². The van der Waals surface area contributed by atoms with Crippen molar-refractivity contribution in [3.8, 4) is 0 Å². The smallest absolute Gasteiger partial charge is 0.410 e. The van der Waals surface area contributed by atoms with Gasteiger partial charge in [0.15, 0.2) is 5.65 Å². The summed E-state index contributed by atoms with van der Waals surface area (Å²) in [6, 6.07) is 2.72. The number of hydrogen-bond donors (Lipinski definition) is 1. The Balaban J connectivity index is 1.09. The van der Waals surface area contributed by atoms with Crippen molar-refractivity contribution in [3.05, 3.63) is 41.7 Å². The van der Waals surface area contributed by atoms with E-state index in [-0.39, 0.29) is 36.2 Å². The van der Waals surface area contributed by atoms with Crippen molar-refractivity contribution in [1.82, 2.24) is 29.3 Å². The van der Waals surface area contributed by atoms with E-state index in [1.807, 2.05) is 40.7 Å². The second-order valence-electron chi connectivity index (χ2n) is 13.0. The molecule has 0 radical (unpaired) electrons. The van der Waals surface area contributed by atoms with Gasteiger partial charge in [0, 0.05) is 42.4 Å². The molecule has 2 atom stereocenters. The molecule has 1 aliphatic carbocycles. The fraction of sp³-hybridized carbons (Fsp3) is 0.625. The van der Waals surface area contributed by atoms with Gasteiger partial charge >= 0.3 is 6.09 Å². The molecule has 2 aromatic rings. The molecule has 4 aliphatic rings. The van der Waals surface area contributed by atoms with Crippen molar-refractivity contribution in [2.24, 2.45) is 0 Å². The van der Waals surface area contributed by atoms with Gasteiger partial charge in [-0.1, -0.05) is 26.0 Å². The van der Waals surface area contributed by atoms with Crippen LogP contribution in [0.25, 0.3) is 11.2 Å². The van der Waals surface area contributed by atoms with Crippen LogP contribution in [0.4, 0.5) is 10.6 Å². The zero-order chi connectivity index (χ0) is 29.4. The molecular formula is C32H45N7O3. The Hall–Kier alpha value is -3.40. The fourth-order valence-electron chi connectivity index (χ4n) is 6.89. The first kappa shape index (κ1) is 28.7. The standard InChI is InChI=1S/C32H45N7O3/c1-21(2)27-18-33-39-29(17-28(35-31(27)39)22-9-6-5-7-10-22)34-23-15-24-12-13-25(16-23)38(24)32(41)42-26-19-37(20-26)30(40)11-8-14-36(3)4/h8-9,11,17-18,21,23-26,34H,5-7,10,12-16,19-20H2,1-4H3/b11-8+. The number of likely N-dealkylation sites (tertiary alicyclic amines) is 1. The molecular weight excluding hydrogens is 530 g/mol. The Kier molecular flexibility index (Phi) is 8.25. The number of anilines is 1. The monoisotopic (exact) mass is 575 g/mol. The molecule has 6 rings (SSSR count). The molecule has 3 saturated heterocycles. The molecule has 1 N–H and O–H groups in total. The SMILES string of the molecule is CC(C)c1cnn2c(NC3CC4CCC(C3)N4C(=O)OC3CN(C(=O)/C=C/CN(C)C)C3)cc(C3=CCCCC3)nc12. The van der Waals surface area contributed by atoms with Crippen molar-refractivity contribution in [3.63, 3.8) is 0 Å². The molecule has 42 heavy (non-hydrogen) atoms. The highest BCUT2D eigenvalue weighted by atomic mass is 16.6. The largest absolute Gasteiger partial charge is 0.442 e. The van der Waals surface area contributed by atoms with Crippen LogP contribution in [0.5, 0.6) is 0 Å². The second kappa shape index (κ2) is 12.1. The summed E-state index contributed by atoms with van der Waals surface area (Å²) in [5.74, 6) is 1.29. The number of rotatable bonds is 8. The third-order valence-corrected chi connectivity index (χ3v) is 9.20. The van der Waals surface area contributed by atoms with Crippen LogP contribution in [-0.2, 0) is 9.53 Å². The Morgan fingerprint density at radius 3 is 2.60 bits per heavy atom. The van der Waals surface area contributed by atoms with E-state index in [0.29, 0.717) is 19.0 Å². The normalized spacial score (nSPS) is 24.5. The summed E-state index contributed by atoms with van der Waals surface area (Å²) in [7, 11) is 3.93. The Morgan fingerprint density at radius 1 is 1.17 bits per heavy atom. The summed E-state index contributed by atoms with van der Waals surface area (Å²) in [5, 5.41) is 8.55. The second-order valence-corrected chi connectivity index (χ2v) is 13.0. The van der Waals surface area contributed by atoms with Gasteiger partial charge < -0.3 is 24.8 Å². The van der Waals surface area contributed by atoms with Crippen LogP contribution in [0.15, 0.2) is 30.5 Å². The van der Waals surface area contributed by atoms with E-state index >= 15 is 0 Å². The quantitative estimate of drug-likeness (QED) is 0.457. The predicted molar refractivity (Wildman–Crippen MR) is 163 cm³/mol. The number of piperidine rings is 1. The average molecular weight is 576 g/mol. The zero-order valence-corrected chi connectivity index (χ0v) is 25.5. The van der Waals surface area contributed by atoms with Crippen LogP contribution in [0.3, 0.4) is 0 Å². The summed E-state index contributed by atoms with van der Waals surface area (Å²) < 4.78 is 7.82. The molecule has 3 aliphatic heterocycles. The summed E-state index contributed by atoms with van der Waals surface area (Å²) in [5.41, 5.74) is 4.48. The van der Waals surface area contributed by atoms with Crippen LogP contribution in [0.2, 0.25) is 0 Å². The zero-order valence-electron chi connectivity index (χ0n) is 25.5. The Morgan fingerprint density at radius 2 is 1.93 bits per heavy atom. The van der Waals surface area contributed by atoms with Crippen molar-refractivity contribution in [2.45, 2.75) is 95.4 Å². The van der Waals surface area contributed by atoms with Gasteiger partial charge in [0.2, 0.25) is 5.91 Å². The minimum atomic E-state index is -0.230. The summed E-state index contributed by atoms with van der Waals surface area (Å²) in [6.45, 7) is 6.02. The first-order valence-corrected chi connectivity index (χ1v) is 15.7. The number of carbonyl (C=O) groups is 2. The van der Waals surface area contributed by atoms with Crippen molar-refractivity contribution in [2.75, 3.05) is 39.0 Å². The highest BCUT2D eigenvalue weighted by Crippen LogP contribution is 2.38. The third-order valence-electron chi connectivity index (χ3n) is 9.20. The number of likely N-dealkylation sites (N-methyl/N-ethyl adjacent to an activating group) is 1. The van der Waals surface area contributed by atoms with Crippen LogP contribution >= 0.6 is 0 Å². The topological polar surface area (TPSA) is 95.3 Å². The molecule has 2 amide bonds. The molecule has 10 heteroatoms. The molecule has 226 valence electrons. The van der Waals surface area contributed by atoms with Crippen LogP contribution < -0.4 is 5.32 Å². The first-order chi connectivity index (χ1) is 20.3. The first-order valence-electron chi connectivity index (χ1n) is 15.7. The lowest BCUT2D eigenvalue weighted by molar-refractivity contribution is -0.136. The van der Waals surface area contributed by atoms with Gasteiger partial charge in [0.25, 0.3) is 0 Å². The van der Waals surface area contributed by atoms with Crippen LogP contribution in [-0.4, -0.2) is 99.3 Å². The van der Waals surface area contributed by atoms with Crippen molar-refractivity contribution >= 4 is 29.0 Å². The van der Waals surface area contributed by atoms with E-state index in [1.54, 1.807) is 11.0 Å². The molecule has 3 fully saturated rings. The summed E-state index contributed by atoms with van der Waals surface area (Å²) >= 11 is 0. The molecule has 0 spiro atoms.